The predicted molar refractivity (Wildman–Crippen MR) is 59.1 cm³/mol. The third-order valence-corrected chi connectivity index (χ3v) is 2.09. The number of hydrogen-bond donors (Lipinski definition) is 0. The molecular formula is C12H22O2. The standard InChI is InChI=1S/C12H22O2/c1-6-11(7-2)14-12(13)10(5)8-9(3)4/h8-9,11H,6-7H2,1-5H3/b10-8+. The van der Waals surface area contributed by atoms with Crippen LogP contribution in [0.25, 0.3) is 0 Å². The molecule has 0 spiro atoms. The van der Waals surface area contributed by atoms with Crippen molar-refractivity contribution in [2.45, 2.75) is 53.6 Å². The van der Waals surface area contributed by atoms with Crippen LogP contribution in [0.4, 0.5) is 0 Å². The van der Waals surface area contributed by atoms with E-state index in [9.17, 15) is 4.79 Å². The Bertz CT molecular complexity index is 200. The van der Waals surface area contributed by atoms with Crippen LogP contribution in [0.1, 0.15) is 47.5 Å². The second-order valence-electron chi connectivity index (χ2n) is 3.94. The van der Waals surface area contributed by atoms with Crippen LogP contribution in [0.15, 0.2) is 11.6 Å². The Kier molecular flexibility index (Phi) is 6.26. The normalized spacial score (nSPS) is 12.4. The van der Waals surface area contributed by atoms with E-state index in [2.05, 4.69) is 0 Å². The van der Waals surface area contributed by atoms with Gasteiger partial charge in [-0.15, -0.1) is 0 Å². The zero-order valence-corrected chi connectivity index (χ0v) is 9.96. The Morgan fingerprint density at radius 2 is 1.79 bits per heavy atom. The maximum Gasteiger partial charge on any atom is 0.333 e. The van der Waals surface area contributed by atoms with E-state index >= 15 is 0 Å². The lowest BCUT2D eigenvalue weighted by Crippen LogP contribution is -2.17. The van der Waals surface area contributed by atoms with E-state index < -0.39 is 0 Å². The molecule has 0 aliphatic rings. The first-order chi connectivity index (χ1) is 6.51. The summed E-state index contributed by atoms with van der Waals surface area (Å²) in [4.78, 5) is 11.5. The van der Waals surface area contributed by atoms with E-state index in [-0.39, 0.29) is 12.1 Å². The topological polar surface area (TPSA) is 26.3 Å². The summed E-state index contributed by atoms with van der Waals surface area (Å²) in [7, 11) is 0. The van der Waals surface area contributed by atoms with E-state index in [1.165, 1.54) is 0 Å². The summed E-state index contributed by atoms with van der Waals surface area (Å²) in [6.45, 7) is 9.97. The number of allylic oxidation sites excluding steroid dienone is 1. The summed E-state index contributed by atoms with van der Waals surface area (Å²) in [6.07, 6.45) is 3.78. The molecule has 2 heteroatoms. The highest BCUT2D eigenvalue weighted by atomic mass is 16.5. The Labute approximate surface area is 87.3 Å². The average molecular weight is 198 g/mol. The van der Waals surface area contributed by atoms with Gasteiger partial charge in [0.05, 0.1) is 0 Å². The molecule has 0 atom stereocenters. The van der Waals surface area contributed by atoms with Crippen LogP contribution >= 0.6 is 0 Å². The largest absolute Gasteiger partial charge is 0.459 e. The molecule has 0 unspecified atom stereocenters. The van der Waals surface area contributed by atoms with Crippen LogP contribution in [0.3, 0.4) is 0 Å². The van der Waals surface area contributed by atoms with Crippen LogP contribution < -0.4 is 0 Å². The molecule has 0 heterocycles. The first-order valence-corrected chi connectivity index (χ1v) is 5.40. The second-order valence-corrected chi connectivity index (χ2v) is 3.94. The first-order valence-electron chi connectivity index (χ1n) is 5.40. The van der Waals surface area contributed by atoms with Crippen molar-refractivity contribution in [3.63, 3.8) is 0 Å². The molecule has 0 amide bonds. The van der Waals surface area contributed by atoms with Gasteiger partial charge in [-0.05, 0) is 25.7 Å². The Morgan fingerprint density at radius 3 is 2.14 bits per heavy atom. The molecule has 2 nitrogen and oxygen atoms in total. The highest BCUT2D eigenvalue weighted by molar-refractivity contribution is 5.87. The van der Waals surface area contributed by atoms with Gasteiger partial charge in [-0.1, -0.05) is 33.8 Å². The fourth-order valence-electron chi connectivity index (χ4n) is 1.27. The smallest absolute Gasteiger partial charge is 0.333 e. The molecule has 0 rings (SSSR count). The van der Waals surface area contributed by atoms with E-state index in [0.29, 0.717) is 11.5 Å². The van der Waals surface area contributed by atoms with Gasteiger partial charge in [0.25, 0.3) is 0 Å². The molecular weight excluding hydrogens is 176 g/mol. The van der Waals surface area contributed by atoms with Gasteiger partial charge in [0.2, 0.25) is 0 Å². The zero-order chi connectivity index (χ0) is 11.1. The van der Waals surface area contributed by atoms with Gasteiger partial charge in [-0.25, -0.2) is 4.79 Å². The molecule has 0 saturated heterocycles. The monoisotopic (exact) mass is 198 g/mol. The Hall–Kier alpha value is -0.790. The quantitative estimate of drug-likeness (QED) is 0.500. The summed E-state index contributed by atoms with van der Waals surface area (Å²) >= 11 is 0. The molecule has 0 aromatic carbocycles. The van der Waals surface area contributed by atoms with E-state index in [0.717, 1.165) is 12.8 Å². The van der Waals surface area contributed by atoms with Gasteiger partial charge in [-0.3, -0.25) is 0 Å². The highest BCUT2D eigenvalue weighted by Gasteiger charge is 2.11. The molecule has 0 saturated carbocycles. The molecule has 0 aliphatic heterocycles. The lowest BCUT2D eigenvalue weighted by Gasteiger charge is -2.14. The van der Waals surface area contributed by atoms with Crippen molar-refractivity contribution in [1.29, 1.82) is 0 Å². The average Bonchev–Trinajstić information content (AvgIpc) is 2.12. The SMILES string of the molecule is CCC(CC)OC(=O)/C(C)=C/C(C)C. The molecule has 82 valence electrons. The molecule has 14 heavy (non-hydrogen) atoms. The van der Waals surface area contributed by atoms with Crippen LogP contribution in [0.2, 0.25) is 0 Å². The molecule has 0 fully saturated rings. The number of hydrogen-bond acceptors (Lipinski definition) is 2. The van der Waals surface area contributed by atoms with E-state index in [1.54, 1.807) is 0 Å². The van der Waals surface area contributed by atoms with Gasteiger partial charge >= 0.3 is 5.97 Å². The minimum Gasteiger partial charge on any atom is -0.459 e. The van der Waals surface area contributed by atoms with Crippen molar-refractivity contribution in [3.8, 4) is 0 Å². The Balaban J connectivity index is 4.20. The maximum atomic E-state index is 11.5. The van der Waals surface area contributed by atoms with Gasteiger partial charge in [0.15, 0.2) is 0 Å². The fraction of sp³-hybridized carbons (Fsp3) is 0.750. The molecule has 0 N–H and O–H groups in total. The lowest BCUT2D eigenvalue weighted by molar-refractivity contribution is -0.144. The van der Waals surface area contributed by atoms with Gasteiger partial charge in [0, 0.05) is 5.57 Å². The summed E-state index contributed by atoms with van der Waals surface area (Å²) in [6, 6.07) is 0. The number of ether oxygens (including phenoxy) is 1. The van der Waals surface area contributed by atoms with Crippen LogP contribution in [-0.4, -0.2) is 12.1 Å². The predicted octanol–water partition coefficient (Wildman–Crippen LogP) is 3.32. The van der Waals surface area contributed by atoms with Gasteiger partial charge in [-0.2, -0.15) is 0 Å². The molecule has 0 bridgehead atoms. The number of esters is 1. The summed E-state index contributed by atoms with van der Waals surface area (Å²) in [5.41, 5.74) is 0.715. The van der Waals surface area contributed by atoms with Gasteiger partial charge in [0.1, 0.15) is 6.10 Å². The molecule has 0 aromatic heterocycles. The molecule has 0 radical (unpaired) electrons. The van der Waals surface area contributed by atoms with Crippen LogP contribution in [0.5, 0.6) is 0 Å². The van der Waals surface area contributed by atoms with Crippen molar-refractivity contribution in [2.24, 2.45) is 5.92 Å². The first kappa shape index (κ1) is 13.2. The minimum atomic E-state index is -0.174. The number of carbonyl (C=O) groups is 1. The van der Waals surface area contributed by atoms with Crippen molar-refractivity contribution in [2.75, 3.05) is 0 Å². The zero-order valence-electron chi connectivity index (χ0n) is 9.96. The fourth-order valence-corrected chi connectivity index (χ4v) is 1.27. The minimum absolute atomic E-state index is 0.0676. The summed E-state index contributed by atoms with van der Waals surface area (Å²) in [5, 5.41) is 0. The van der Waals surface area contributed by atoms with Crippen molar-refractivity contribution in [1.82, 2.24) is 0 Å². The van der Waals surface area contributed by atoms with Crippen LogP contribution in [-0.2, 0) is 9.53 Å². The van der Waals surface area contributed by atoms with Crippen LogP contribution in [0, 0.1) is 5.92 Å². The van der Waals surface area contributed by atoms with Gasteiger partial charge < -0.3 is 4.74 Å². The second kappa shape index (κ2) is 6.63. The lowest BCUT2D eigenvalue weighted by atomic mass is 10.1. The third-order valence-electron chi connectivity index (χ3n) is 2.09. The van der Waals surface area contributed by atoms with Crippen molar-refractivity contribution in [3.05, 3.63) is 11.6 Å². The number of carbonyl (C=O) groups excluding carboxylic acids is 1. The van der Waals surface area contributed by atoms with Crippen molar-refractivity contribution >= 4 is 5.97 Å². The van der Waals surface area contributed by atoms with Crippen molar-refractivity contribution < 1.29 is 9.53 Å². The summed E-state index contributed by atoms with van der Waals surface area (Å²) in [5.74, 6) is 0.219. The molecule has 0 aromatic rings. The highest BCUT2D eigenvalue weighted by Crippen LogP contribution is 2.09. The van der Waals surface area contributed by atoms with E-state index in [1.807, 2.05) is 40.7 Å². The molecule has 0 aliphatic carbocycles. The third kappa shape index (κ3) is 5.05. The number of rotatable bonds is 5. The maximum absolute atomic E-state index is 11.5. The van der Waals surface area contributed by atoms with E-state index in [4.69, 9.17) is 4.74 Å². The summed E-state index contributed by atoms with van der Waals surface area (Å²) < 4.78 is 5.30. The Morgan fingerprint density at radius 1 is 1.29 bits per heavy atom.